The number of nitrogens with one attached hydrogen (secondary N) is 1. The van der Waals surface area contributed by atoms with E-state index >= 15 is 0 Å². The van der Waals surface area contributed by atoms with Crippen molar-refractivity contribution in [2.45, 2.75) is 38.3 Å². The van der Waals surface area contributed by atoms with Crippen LogP contribution in [0.3, 0.4) is 0 Å². The van der Waals surface area contributed by atoms with E-state index in [-0.39, 0.29) is 6.04 Å². The zero-order valence-corrected chi connectivity index (χ0v) is 11.3. The zero-order valence-electron chi connectivity index (χ0n) is 11.3. The van der Waals surface area contributed by atoms with Crippen LogP contribution in [0.5, 0.6) is 0 Å². The van der Waals surface area contributed by atoms with Gasteiger partial charge in [-0.15, -0.1) is 0 Å². The highest BCUT2D eigenvalue weighted by atomic mass is 15.0. The highest BCUT2D eigenvalue weighted by Crippen LogP contribution is 2.31. The molecule has 1 aliphatic carbocycles. The smallest absolute Gasteiger partial charge is 0.0570 e. The van der Waals surface area contributed by atoms with E-state index in [4.69, 9.17) is 0 Å². The van der Waals surface area contributed by atoms with E-state index in [0.29, 0.717) is 6.04 Å². The molecule has 0 saturated heterocycles. The molecule has 1 N–H and O–H groups in total. The summed E-state index contributed by atoms with van der Waals surface area (Å²) in [6.45, 7) is 2.19. The van der Waals surface area contributed by atoms with Gasteiger partial charge in [-0.3, -0.25) is 4.98 Å². The van der Waals surface area contributed by atoms with E-state index in [1.54, 1.807) is 0 Å². The van der Waals surface area contributed by atoms with Crippen molar-refractivity contribution in [3.8, 4) is 0 Å². The zero-order chi connectivity index (χ0) is 13.1. The molecule has 19 heavy (non-hydrogen) atoms. The highest BCUT2D eigenvalue weighted by molar-refractivity contribution is 5.32. The molecule has 1 aromatic carbocycles. The number of hydrogen-bond donors (Lipinski definition) is 1. The van der Waals surface area contributed by atoms with E-state index < -0.39 is 0 Å². The van der Waals surface area contributed by atoms with Crippen molar-refractivity contribution in [2.75, 3.05) is 0 Å². The minimum Gasteiger partial charge on any atom is -0.302 e. The summed E-state index contributed by atoms with van der Waals surface area (Å²) >= 11 is 0. The number of aryl methyl sites for hydroxylation is 1. The molecule has 1 unspecified atom stereocenters. The second-order valence-electron chi connectivity index (χ2n) is 5.29. The third-order valence-corrected chi connectivity index (χ3v) is 3.95. The number of aromatic nitrogens is 1. The average molecular weight is 252 g/mol. The first kappa shape index (κ1) is 12.4. The Morgan fingerprint density at radius 1 is 1.16 bits per heavy atom. The molecule has 2 aromatic rings. The first-order valence-corrected chi connectivity index (χ1v) is 7.09. The van der Waals surface area contributed by atoms with Crippen molar-refractivity contribution < 1.29 is 0 Å². The van der Waals surface area contributed by atoms with E-state index in [1.807, 2.05) is 12.3 Å². The molecule has 2 heteroatoms. The van der Waals surface area contributed by atoms with Crippen molar-refractivity contribution >= 4 is 0 Å². The number of benzene rings is 1. The summed E-state index contributed by atoms with van der Waals surface area (Å²) in [6, 6.07) is 15.7. The monoisotopic (exact) mass is 252 g/mol. The van der Waals surface area contributed by atoms with Crippen LogP contribution in [0.4, 0.5) is 0 Å². The molecule has 1 aromatic heterocycles. The molecule has 1 aliphatic rings. The summed E-state index contributed by atoms with van der Waals surface area (Å²) in [5.74, 6) is 0. The number of rotatable bonds is 3. The second kappa shape index (κ2) is 5.54. The number of pyridine rings is 1. The predicted molar refractivity (Wildman–Crippen MR) is 77.9 cm³/mol. The number of nitrogens with zero attached hydrogens (tertiary/aromatic N) is 1. The van der Waals surface area contributed by atoms with Crippen LogP contribution in [0.15, 0.2) is 48.7 Å². The molecule has 1 heterocycles. The van der Waals surface area contributed by atoms with Crippen LogP contribution in [-0.2, 0) is 6.42 Å². The Morgan fingerprint density at radius 3 is 2.84 bits per heavy atom. The van der Waals surface area contributed by atoms with Gasteiger partial charge in [-0.05, 0) is 49.4 Å². The van der Waals surface area contributed by atoms with Crippen LogP contribution in [0.1, 0.15) is 48.7 Å². The molecular formula is C17H20N2. The van der Waals surface area contributed by atoms with Gasteiger partial charge >= 0.3 is 0 Å². The standard InChI is InChI=1S/C17H20N2/c1-13(16-10-4-5-12-18-16)19-17-11-6-8-14-7-2-3-9-15(14)17/h2-5,7,9-10,12-13,17,19H,6,8,11H2,1H3/t13-,17?/m0/s1. The van der Waals surface area contributed by atoms with Crippen LogP contribution in [0.25, 0.3) is 0 Å². The van der Waals surface area contributed by atoms with E-state index in [1.165, 1.54) is 30.4 Å². The molecule has 0 aliphatic heterocycles. The number of fused-ring (bicyclic) bond motifs is 1. The van der Waals surface area contributed by atoms with Crippen LogP contribution in [0.2, 0.25) is 0 Å². The van der Waals surface area contributed by atoms with Gasteiger partial charge in [0.2, 0.25) is 0 Å². The van der Waals surface area contributed by atoms with Gasteiger partial charge in [-0.25, -0.2) is 0 Å². The third-order valence-electron chi connectivity index (χ3n) is 3.95. The van der Waals surface area contributed by atoms with Crippen LogP contribution >= 0.6 is 0 Å². The summed E-state index contributed by atoms with van der Waals surface area (Å²) < 4.78 is 0. The van der Waals surface area contributed by atoms with Gasteiger partial charge in [0.05, 0.1) is 5.69 Å². The fraction of sp³-hybridized carbons (Fsp3) is 0.353. The Hall–Kier alpha value is -1.67. The molecular weight excluding hydrogens is 232 g/mol. The van der Waals surface area contributed by atoms with Gasteiger partial charge in [-0.1, -0.05) is 30.3 Å². The van der Waals surface area contributed by atoms with Crippen molar-refractivity contribution in [3.05, 3.63) is 65.5 Å². The first-order chi connectivity index (χ1) is 9.34. The summed E-state index contributed by atoms with van der Waals surface area (Å²) in [4.78, 5) is 4.44. The van der Waals surface area contributed by atoms with Crippen molar-refractivity contribution in [2.24, 2.45) is 0 Å². The summed E-state index contributed by atoms with van der Waals surface area (Å²) in [5, 5.41) is 3.73. The molecule has 0 saturated carbocycles. The van der Waals surface area contributed by atoms with Gasteiger partial charge in [0.15, 0.2) is 0 Å². The average Bonchev–Trinajstić information content (AvgIpc) is 2.48. The topological polar surface area (TPSA) is 24.9 Å². The molecule has 0 spiro atoms. The van der Waals surface area contributed by atoms with Crippen LogP contribution in [-0.4, -0.2) is 4.98 Å². The van der Waals surface area contributed by atoms with E-state index in [0.717, 1.165) is 5.69 Å². The largest absolute Gasteiger partial charge is 0.302 e. The van der Waals surface area contributed by atoms with Crippen molar-refractivity contribution in [1.29, 1.82) is 0 Å². The SMILES string of the molecule is C[C@H](NC1CCCc2ccccc21)c1ccccn1. The molecule has 3 rings (SSSR count). The van der Waals surface area contributed by atoms with E-state index in [2.05, 4.69) is 53.6 Å². The quantitative estimate of drug-likeness (QED) is 0.898. The van der Waals surface area contributed by atoms with Gasteiger partial charge in [0, 0.05) is 18.3 Å². The molecule has 0 radical (unpaired) electrons. The van der Waals surface area contributed by atoms with Crippen LogP contribution in [0, 0.1) is 0 Å². The molecule has 0 fully saturated rings. The normalized spacial score (nSPS) is 19.7. The maximum atomic E-state index is 4.44. The Bertz CT molecular complexity index is 536. The van der Waals surface area contributed by atoms with E-state index in [9.17, 15) is 0 Å². The van der Waals surface area contributed by atoms with Gasteiger partial charge in [0.1, 0.15) is 0 Å². The molecule has 2 nitrogen and oxygen atoms in total. The minimum atomic E-state index is 0.289. The maximum absolute atomic E-state index is 4.44. The number of hydrogen-bond acceptors (Lipinski definition) is 2. The van der Waals surface area contributed by atoms with Gasteiger partial charge < -0.3 is 5.32 Å². The lowest BCUT2D eigenvalue weighted by Gasteiger charge is -2.29. The first-order valence-electron chi connectivity index (χ1n) is 7.09. The predicted octanol–water partition coefficient (Wildman–Crippen LogP) is 3.81. The lowest BCUT2D eigenvalue weighted by atomic mass is 9.87. The lowest BCUT2D eigenvalue weighted by Crippen LogP contribution is -2.28. The molecule has 0 bridgehead atoms. The maximum Gasteiger partial charge on any atom is 0.0570 e. The lowest BCUT2D eigenvalue weighted by molar-refractivity contribution is 0.411. The Morgan fingerprint density at radius 2 is 2.00 bits per heavy atom. The van der Waals surface area contributed by atoms with Crippen LogP contribution < -0.4 is 5.32 Å². The molecule has 98 valence electrons. The highest BCUT2D eigenvalue weighted by Gasteiger charge is 2.21. The minimum absolute atomic E-state index is 0.289. The molecule has 0 amide bonds. The van der Waals surface area contributed by atoms with Gasteiger partial charge in [0.25, 0.3) is 0 Å². The summed E-state index contributed by atoms with van der Waals surface area (Å²) in [6.07, 6.45) is 5.56. The molecule has 2 atom stereocenters. The Balaban J connectivity index is 1.78. The second-order valence-corrected chi connectivity index (χ2v) is 5.29. The fourth-order valence-electron chi connectivity index (χ4n) is 2.95. The fourth-order valence-corrected chi connectivity index (χ4v) is 2.95. The third kappa shape index (κ3) is 2.69. The van der Waals surface area contributed by atoms with Gasteiger partial charge in [-0.2, -0.15) is 0 Å². The van der Waals surface area contributed by atoms with Crippen molar-refractivity contribution in [3.63, 3.8) is 0 Å². The Labute approximate surface area is 114 Å². The van der Waals surface area contributed by atoms with Crippen molar-refractivity contribution in [1.82, 2.24) is 10.3 Å². The summed E-state index contributed by atoms with van der Waals surface area (Å²) in [7, 11) is 0. The Kier molecular flexibility index (Phi) is 3.60. The summed E-state index contributed by atoms with van der Waals surface area (Å²) in [5.41, 5.74) is 4.08.